The lowest BCUT2D eigenvalue weighted by molar-refractivity contribution is -0.138. The van der Waals surface area contributed by atoms with Crippen LogP contribution in [0.2, 0.25) is 0 Å². The van der Waals surface area contributed by atoms with E-state index in [2.05, 4.69) is 15.2 Å². The smallest absolute Gasteiger partial charge is 0.262 e. The van der Waals surface area contributed by atoms with E-state index in [9.17, 15) is 32.8 Å². The molecule has 0 aliphatic carbocycles. The first-order valence-electron chi connectivity index (χ1n) is 22.0. The van der Waals surface area contributed by atoms with Gasteiger partial charge in [-0.05, 0) is 92.5 Å². The van der Waals surface area contributed by atoms with Gasteiger partial charge in [0.1, 0.15) is 17.7 Å². The number of rotatable bonds is 7. The first kappa shape index (κ1) is 41.4. The fourth-order valence-corrected chi connectivity index (χ4v) is 11.1. The maximum Gasteiger partial charge on any atom is 0.262 e. The van der Waals surface area contributed by atoms with E-state index in [1.807, 2.05) is 41.0 Å². The van der Waals surface area contributed by atoms with Crippen LogP contribution in [0.4, 0.5) is 23.2 Å². The summed E-state index contributed by atoms with van der Waals surface area (Å²) < 4.78 is 62.0. The van der Waals surface area contributed by atoms with Crippen molar-refractivity contribution in [3.05, 3.63) is 99.2 Å². The maximum atomic E-state index is 16.4. The molecule has 330 valence electrons. The topological polar surface area (TPSA) is 129 Å². The molecule has 7 heterocycles. The molecule has 1 aromatic heterocycles. The van der Waals surface area contributed by atoms with E-state index in [-0.39, 0.29) is 47.4 Å². The number of alkyl halides is 2. The van der Waals surface area contributed by atoms with Crippen molar-refractivity contribution in [1.82, 2.24) is 29.9 Å². The number of nitrogens with zero attached hydrogens (tertiary/aromatic N) is 5. The summed E-state index contributed by atoms with van der Waals surface area (Å²) in [5.41, 5.74) is 4.73. The lowest BCUT2D eigenvalue weighted by Gasteiger charge is -2.42. The van der Waals surface area contributed by atoms with Gasteiger partial charge in [-0.15, -0.1) is 0 Å². The molecule has 5 amide bonds. The van der Waals surface area contributed by atoms with Crippen molar-refractivity contribution in [2.24, 2.45) is 5.92 Å². The van der Waals surface area contributed by atoms with Crippen molar-refractivity contribution >= 4 is 46.1 Å². The molecular weight excluding hydrogens is 819 g/mol. The minimum Gasteiger partial charge on any atom is -0.371 e. The minimum absolute atomic E-state index is 0.0591. The molecular formula is C47H49F4N7O5. The second kappa shape index (κ2) is 15.6. The van der Waals surface area contributed by atoms with Crippen molar-refractivity contribution in [2.75, 3.05) is 37.6 Å². The number of likely N-dealkylation sites (tertiary alicyclic amines) is 1. The number of hydrogen-bond acceptors (Lipinski definition) is 8. The Morgan fingerprint density at radius 2 is 1.48 bits per heavy atom. The average molecular weight is 868 g/mol. The van der Waals surface area contributed by atoms with E-state index in [0.29, 0.717) is 69.9 Å². The number of piperidine rings is 3. The molecule has 6 aliphatic rings. The van der Waals surface area contributed by atoms with Gasteiger partial charge in [-0.3, -0.25) is 44.0 Å². The summed E-state index contributed by atoms with van der Waals surface area (Å²) in [6, 6.07) is 11.4. The van der Waals surface area contributed by atoms with E-state index in [1.165, 1.54) is 17.0 Å². The van der Waals surface area contributed by atoms with Gasteiger partial charge in [0.2, 0.25) is 17.7 Å². The molecule has 6 aliphatic heterocycles. The number of hydrogen-bond donors (Lipinski definition) is 2. The molecule has 3 saturated heterocycles. The number of carbonyl (C=O) groups is 5. The predicted molar refractivity (Wildman–Crippen MR) is 224 cm³/mol. The molecule has 3 fully saturated rings. The van der Waals surface area contributed by atoms with Crippen LogP contribution in [-0.4, -0.2) is 111 Å². The SMILES string of the molecule is C[C@@H]1Cc2c([nH]c3ccccc23)C(c2c(F)cc(N3CCC(C(=O)N4CCC(N5Cc6cc7c(cc6C5)C(=O)N(C5CCC(=O)NC5=O)C7=O)CC4)CC3)cc2F)N1CC(C)(F)F. The van der Waals surface area contributed by atoms with Crippen LogP contribution in [-0.2, 0) is 33.9 Å². The Morgan fingerprint density at radius 3 is 2.10 bits per heavy atom. The molecule has 4 aromatic rings. The number of carbonyl (C=O) groups excluding carboxylic acids is 5. The van der Waals surface area contributed by atoms with Gasteiger partial charge in [-0.2, -0.15) is 0 Å². The number of anilines is 1. The van der Waals surface area contributed by atoms with Gasteiger partial charge >= 0.3 is 0 Å². The zero-order valence-corrected chi connectivity index (χ0v) is 35.2. The Bertz CT molecular complexity index is 2510. The van der Waals surface area contributed by atoms with Crippen LogP contribution in [0, 0.1) is 17.6 Å². The fraction of sp³-hybridized carbons (Fsp3) is 0.468. The summed E-state index contributed by atoms with van der Waals surface area (Å²) in [6.07, 6.45) is 3.18. The summed E-state index contributed by atoms with van der Waals surface area (Å²) >= 11 is 0. The zero-order chi connectivity index (χ0) is 44.1. The number of H-pyrrole nitrogens is 1. The third kappa shape index (κ3) is 7.28. The van der Waals surface area contributed by atoms with Crippen molar-refractivity contribution in [3.63, 3.8) is 0 Å². The molecule has 0 radical (unpaired) electrons. The molecule has 16 heteroatoms. The number of aromatic amines is 1. The number of halogens is 4. The Balaban J connectivity index is 0.761. The lowest BCUT2D eigenvalue weighted by Crippen LogP contribution is -2.54. The van der Waals surface area contributed by atoms with Crippen molar-refractivity contribution in [1.29, 1.82) is 0 Å². The highest BCUT2D eigenvalue weighted by atomic mass is 19.3. The number of para-hydroxylation sites is 1. The second-order valence-electron chi connectivity index (χ2n) is 18.4. The minimum atomic E-state index is -3.09. The molecule has 12 nitrogen and oxygen atoms in total. The molecule has 3 aromatic carbocycles. The number of aromatic nitrogens is 1. The molecule has 0 bridgehead atoms. The largest absolute Gasteiger partial charge is 0.371 e. The second-order valence-corrected chi connectivity index (χ2v) is 18.4. The molecule has 0 saturated carbocycles. The van der Waals surface area contributed by atoms with Crippen LogP contribution >= 0.6 is 0 Å². The van der Waals surface area contributed by atoms with E-state index >= 15 is 8.78 Å². The van der Waals surface area contributed by atoms with Gasteiger partial charge in [0, 0.05) is 98.5 Å². The molecule has 2 N–H and O–H groups in total. The van der Waals surface area contributed by atoms with Crippen molar-refractivity contribution < 1.29 is 41.5 Å². The van der Waals surface area contributed by atoms with E-state index in [4.69, 9.17) is 0 Å². The standard InChI is InChI=1S/C47H49F4N7O5/c1-25-17-32-31-5-3-4-6-37(31)52-41(32)42(57(25)24-47(2,50)51)40-35(48)20-30(21-36(40)49)54-13-9-26(10-14-54)44(61)55-15-11-29(12-16-55)56-22-27-18-33-34(19-28(27)23-56)46(63)58(45(33)62)38-7-8-39(59)53-43(38)60/h3-6,18-21,25-26,29,38,42,52H,7-17,22-24H2,1-2H3,(H,53,59,60)/t25-,38?,42?/m1/s1. The maximum absolute atomic E-state index is 16.4. The number of imide groups is 2. The molecule has 3 atom stereocenters. The number of nitrogens with one attached hydrogen (secondary N) is 2. The number of fused-ring (bicyclic) bond motifs is 5. The number of benzene rings is 3. The Hall–Kier alpha value is -5.61. The van der Waals surface area contributed by atoms with Gasteiger partial charge in [-0.25, -0.2) is 17.6 Å². The lowest BCUT2D eigenvalue weighted by atomic mass is 9.87. The van der Waals surface area contributed by atoms with E-state index < -0.39 is 65.9 Å². The average Bonchev–Trinajstić information content (AvgIpc) is 3.91. The van der Waals surface area contributed by atoms with Crippen LogP contribution in [0.5, 0.6) is 0 Å². The van der Waals surface area contributed by atoms with Crippen LogP contribution in [0.15, 0.2) is 48.5 Å². The quantitative estimate of drug-likeness (QED) is 0.170. The third-order valence-electron chi connectivity index (χ3n) is 14.3. The molecule has 0 spiro atoms. The number of amides is 5. The van der Waals surface area contributed by atoms with Crippen LogP contribution < -0.4 is 10.2 Å². The third-order valence-corrected chi connectivity index (χ3v) is 14.3. The Kier molecular flexibility index (Phi) is 10.2. The Morgan fingerprint density at radius 1 is 0.841 bits per heavy atom. The first-order chi connectivity index (χ1) is 30.1. The van der Waals surface area contributed by atoms with Crippen LogP contribution in [0.3, 0.4) is 0 Å². The Labute approximate surface area is 361 Å². The molecule has 10 rings (SSSR count). The van der Waals surface area contributed by atoms with Crippen molar-refractivity contribution in [3.8, 4) is 0 Å². The monoisotopic (exact) mass is 867 g/mol. The van der Waals surface area contributed by atoms with Gasteiger partial charge in [0.05, 0.1) is 23.7 Å². The summed E-state index contributed by atoms with van der Waals surface area (Å²) in [5.74, 6) is -6.96. The molecule has 2 unspecified atom stereocenters. The predicted octanol–water partition coefficient (Wildman–Crippen LogP) is 6.06. The van der Waals surface area contributed by atoms with Crippen LogP contribution in [0.1, 0.15) is 107 Å². The van der Waals surface area contributed by atoms with E-state index in [1.54, 1.807) is 12.1 Å². The highest BCUT2D eigenvalue weighted by Gasteiger charge is 2.46. The molecule has 63 heavy (non-hydrogen) atoms. The van der Waals surface area contributed by atoms with Crippen molar-refractivity contribution in [2.45, 2.75) is 102 Å². The van der Waals surface area contributed by atoms with E-state index in [0.717, 1.165) is 52.3 Å². The first-order valence-corrected chi connectivity index (χ1v) is 22.0. The van der Waals surface area contributed by atoms with Gasteiger partial charge in [0.25, 0.3) is 17.7 Å². The summed E-state index contributed by atoms with van der Waals surface area (Å²) in [5, 5.41) is 3.14. The van der Waals surface area contributed by atoms with Gasteiger partial charge < -0.3 is 14.8 Å². The summed E-state index contributed by atoms with van der Waals surface area (Å²) in [7, 11) is 0. The highest BCUT2D eigenvalue weighted by Crippen LogP contribution is 2.44. The fourth-order valence-electron chi connectivity index (χ4n) is 11.1. The van der Waals surface area contributed by atoms with Gasteiger partial charge in [0.15, 0.2) is 0 Å². The zero-order valence-electron chi connectivity index (χ0n) is 35.2. The normalized spacial score (nSPS) is 24.0. The summed E-state index contributed by atoms with van der Waals surface area (Å²) in [6.45, 7) is 5.19. The highest BCUT2D eigenvalue weighted by molar-refractivity contribution is 6.23. The van der Waals surface area contributed by atoms with Crippen LogP contribution in [0.25, 0.3) is 10.9 Å². The summed E-state index contributed by atoms with van der Waals surface area (Å²) in [4.78, 5) is 76.6. The van der Waals surface area contributed by atoms with Gasteiger partial charge in [-0.1, -0.05) is 18.2 Å².